The molecule has 9 nitrogen and oxygen atoms in total. The number of aryl methyl sites for hydroxylation is 1. The molecule has 1 aliphatic rings. The number of amides is 2. The van der Waals surface area contributed by atoms with Crippen molar-refractivity contribution >= 4 is 23.2 Å². The number of rotatable bonds is 7. The van der Waals surface area contributed by atoms with Gasteiger partial charge in [-0.25, -0.2) is 15.0 Å². The number of thiazole rings is 1. The van der Waals surface area contributed by atoms with Crippen molar-refractivity contribution in [3.63, 3.8) is 0 Å². The first-order valence-corrected chi connectivity index (χ1v) is 11.2. The molecule has 0 bridgehead atoms. The number of benzene rings is 1. The molecule has 1 atom stereocenters. The summed E-state index contributed by atoms with van der Waals surface area (Å²) in [4.78, 5) is 36.3. The van der Waals surface area contributed by atoms with Crippen molar-refractivity contribution in [1.82, 2.24) is 25.6 Å². The number of hydrogen-bond donors (Lipinski definition) is 2. The summed E-state index contributed by atoms with van der Waals surface area (Å²) in [6.07, 6.45) is -0.897. The molecule has 0 radical (unpaired) electrons. The average molecular weight is 507 g/mol. The maximum absolute atomic E-state index is 12.9. The second-order valence-electron chi connectivity index (χ2n) is 7.71. The molecule has 0 saturated carbocycles. The first-order valence-electron chi connectivity index (χ1n) is 10.4. The Morgan fingerprint density at radius 3 is 2.66 bits per heavy atom. The smallest absolute Gasteiger partial charge is 0.451 e. The van der Waals surface area contributed by atoms with Gasteiger partial charge in [0.1, 0.15) is 24.0 Å². The van der Waals surface area contributed by atoms with Gasteiger partial charge in [0.2, 0.25) is 11.7 Å². The minimum Gasteiger partial charge on any atom is -0.491 e. The van der Waals surface area contributed by atoms with Crippen LogP contribution in [0, 0.1) is 6.92 Å². The van der Waals surface area contributed by atoms with Crippen LogP contribution in [0.15, 0.2) is 36.8 Å². The molecule has 1 aliphatic heterocycles. The van der Waals surface area contributed by atoms with Crippen LogP contribution in [-0.2, 0) is 22.3 Å². The number of nitrogens with zero attached hydrogens (tertiary/aromatic N) is 3. The van der Waals surface area contributed by atoms with E-state index in [1.54, 1.807) is 18.3 Å². The lowest BCUT2D eigenvalue weighted by atomic mass is 10.1. The van der Waals surface area contributed by atoms with Crippen molar-refractivity contribution in [3.05, 3.63) is 58.6 Å². The summed E-state index contributed by atoms with van der Waals surface area (Å²) in [5.74, 6) is -1.57. The summed E-state index contributed by atoms with van der Waals surface area (Å²) in [6, 6.07) is 4.59. The molecule has 2 amide bonds. The normalized spacial score (nSPS) is 16.0. The number of aromatic nitrogens is 3. The number of carbonyl (C=O) groups is 2. The maximum Gasteiger partial charge on any atom is 0.451 e. The number of carbonyl (C=O) groups excluding carboxylic acids is 2. The summed E-state index contributed by atoms with van der Waals surface area (Å²) >= 11 is 1.45. The molecule has 1 fully saturated rings. The molecule has 0 spiro atoms. The predicted octanol–water partition coefficient (Wildman–Crippen LogP) is 2.75. The highest BCUT2D eigenvalue weighted by atomic mass is 32.1. The molecular weight excluding hydrogens is 487 g/mol. The molecule has 13 heteroatoms. The first kappa shape index (κ1) is 24.5. The molecule has 0 aliphatic carbocycles. The second kappa shape index (κ2) is 10.4. The van der Waals surface area contributed by atoms with E-state index in [1.807, 2.05) is 6.92 Å². The van der Waals surface area contributed by atoms with Crippen LogP contribution in [0.25, 0.3) is 10.6 Å². The molecule has 1 aromatic carbocycles. The van der Waals surface area contributed by atoms with Crippen molar-refractivity contribution in [2.75, 3.05) is 19.8 Å². The van der Waals surface area contributed by atoms with Crippen molar-refractivity contribution in [2.45, 2.75) is 25.7 Å². The summed E-state index contributed by atoms with van der Waals surface area (Å²) in [5, 5.41) is 6.10. The summed E-state index contributed by atoms with van der Waals surface area (Å²) in [5.41, 5.74) is 1.23. The van der Waals surface area contributed by atoms with Crippen molar-refractivity contribution in [1.29, 1.82) is 0 Å². The number of hydrogen-bond acceptors (Lipinski definition) is 8. The van der Waals surface area contributed by atoms with Crippen LogP contribution in [0.3, 0.4) is 0 Å². The Hall–Kier alpha value is -3.58. The monoisotopic (exact) mass is 507 g/mol. The molecule has 35 heavy (non-hydrogen) atoms. The third kappa shape index (κ3) is 6.51. The van der Waals surface area contributed by atoms with Crippen LogP contribution in [0.2, 0.25) is 0 Å². The quantitative estimate of drug-likeness (QED) is 0.505. The van der Waals surface area contributed by atoms with Gasteiger partial charge >= 0.3 is 6.18 Å². The number of nitrogens with one attached hydrogen (secondary N) is 2. The Morgan fingerprint density at radius 2 is 2.00 bits per heavy atom. The van der Waals surface area contributed by atoms with E-state index in [0.29, 0.717) is 28.5 Å². The van der Waals surface area contributed by atoms with Gasteiger partial charge in [-0.15, -0.1) is 11.3 Å². The third-order valence-electron chi connectivity index (χ3n) is 4.82. The SMILES string of the molecule is Cc1cnc(-c2cc(OC[C@H]3COCC(=O)N3)cc(C(=O)NCc3cnc(C(F)(F)F)nc3)c2)s1. The molecule has 4 rings (SSSR count). The lowest BCUT2D eigenvalue weighted by molar-refractivity contribution is -0.145. The van der Waals surface area contributed by atoms with Gasteiger partial charge < -0.3 is 20.1 Å². The molecule has 1 saturated heterocycles. The Morgan fingerprint density at radius 1 is 1.23 bits per heavy atom. The highest BCUT2D eigenvalue weighted by Gasteiger charge is 2.34. The lowest BCUT2D eigenvalue weighted by Gasteiger charge is -2.23. The van der Waals surface area contributed by atoms with E-state index in [1.165, 1.54) is 17.4 Å². The Balaban J connectivity index is 1.49. The van der Waals surface area contributed by atoms with Crippen LogP contribution in [-0.4, -0.2) is 52.6 Å². The van der Waals surface area contributed by atoms with E-state index < -0.39 is 17.9 Å². The zero-order chi connectivity index (χ0) is 25.0. The van der Waals surface area contributed by atoms with Gasteiger partial charge in [-0.05, 0) is 25.1 Å². The molecule has 2 N–H and O–H groups in total. The van der Waals surface area contributed by atoms with Crippen molar-refractivity contribution in [3.8, 4) is 16.3 Å². The van der Waals surface area contributed by atoms with E-state index in [-0.39, 0.29) is 37.3 Å². The van der Waals surface area contributed by atoms with Gasteiger partial charge in [-0.3, -0.25) is 9.59 Å². The zero-order valence-electron chi connectivity index (χ0n) is 18.4. The minimum atomic E-state index is -4.64. The van der Waals surface area contributed by atoms with E-state index in [4.69, 9.17) is 9.47 Å². The number of ether oxygens (including phenoxy) is 2. The van der Waals surface area contributed by atoms with Crippen LogP contribution in [0.5, 0.6) is 5.75 Å². The Kier molecular flexibility index (Phi) is 7.26. The van der Waals surface area contributed by atoms with Gasteiger partial charge in [0.15, 0.2) is 0 Å². The highest BCUT2D eigenvalue weighted by Crippen LogP contribution is 2.30. The summed E-state index contributed by atoms with van der Waals surface area (Å²) < 4.78 is 48.9. The van der Waals surface area contributed by atoms with Crippen molar-refractivity contribution in [2.24, 2.45) is 0 Å². The molecular formula is C22H20F3N5O4S. The average Bonchev–Trinajstić information content (AvgIpc) is 3.27. The fraction of sp³-hybridized carbons (Fsp3) is 0.318. The molecule has 3 aromatic rings. The van der Waals surface area contributed by atoms with E-state index in [2.05, 4.69) is 25.6 Å². The summed E-state index contributed by atoms with van der Waals surface area (Å²) in [7, 11) is 0. The Bertz CT molecular complexity index is 1220. The predicted molar refractivity (Wildman–Crippen MR) is 119 cm³/mol. The van der Waals surface area contributed by atoms with E-state index in [0.717, 1.165) is 17.3 Å². The highest BCUT2D eigenvalue weighted by molar-refractivity contribution is 7.14. The lowest BCUT2D eigenvalue weighted by Crippen LogP contribution is -2.48. The third-order valence-corrected chi connectivity index (χ3v) is 5.78. The van der Waals surface area contributed by atoms with Gasteiger partial charge in [0, 0.05) is 46.7 Å². The van der Waals surface area contributed by atoms with Crippen molar-refractivity contribution < 1.29 is 32.2 Å². The zero-order valence-corrected chi connectivity index (χ0v) is 19.2. The largest absolute Gasteiger partial charge is 0.491 e. The Labute approximate surface area is 201 Å². The number of halogens is 3. The van der Waals surface area contributed by atoms with Gasteiger partial charge in [-0.1, -0.05) is 0 Å². The molecule has 2 aromatic heterocycles. The second-order valence-corrected chi connectivity index (χ2v) is 8.94. The number of alkyl halides is 3. The van der Waals surface area contributed by atoms with Crippen LogP contribution >= 0.6 is 11.3 Å². The fourth-order valence-corrected chi connectivity index (χ4v) is 3.94. The standard InChI is InChI=1S/C22H20F3N5O4S/c1-12-5-27-20(35-12)15-2-14(3-17(4-15)34-10-16-9-33-11-18(31)30-16)19(32)26-6-13-7-28-21(29-8-13)22(23,24)25/h2-5,7-8,16H,6,9-11H2,1H3,(H,26,32)(H,30,31)/t16-/m1/s1. The molecule has 0 unspecified atom stereocenters. The summed E-state index contributed by atoms with van der Waals surface area (Å²) in [6.45, 7) is 2.28. The first-order chi connectivity index (χ1) is 16.7. The topological polar surface area (TPSA) is 115 Å². The minimum absolute atomic E-state index is 0.00365. The van der Waals surface area contributed by atoms with Crippen LogP contribution in [0.4, 0.5) is 13.2 Å². The maximum atomic E-state index is 12.9. The van der Waals surface area contributed by atoms with E-state index >= 15 is 0 Å². The van der Waals surface area contributed by atoms with Gasteiger partial charge in [0.25, 0.3) is 5.91 Å². The fourth-order valence-electron chi connectivity index (χ4n) is 3.19. The van der Waals surface area contributed by atoms with E-state index in [9.17, 15) is 22.8 Å². The van der Waals surface area contributed by atoms with Crippen LogP contribution < -0.4 is 15.4 Å². The molecule has 3 heterocycles. The number of morpholine rings is 1. The molecule has 184 valence electrons. The van der Waals surface area contributed by atoms with Gasteiger partial charge in [0.05, 0.1) is 12.6 Å². The van der Waals surface area contributed by atoms with Crippen LogP contribution in [0.1, 0.15) is 26.6 Å². The van der Waals surface area contributed by atoms with Gasteiger partial charge in [-0.2, -0.15) is 13.2 Å².